The van der Waals surface area contributed by atoms with Crippen molar-refractivity contribution in [3.8, 4) is 0 Å². The lowest BCUT2D eigenvalue weighted by Gasteiger charge is -2.29. The average Bonchev–Trinajstić information content (AvgIpc) is 3.24. The van der Waals surface area contributed by atoms with Gasteiger partial charge in [-0.3, -0.25) is 4.79 Å². The molecule has 0 aliphatic heterocycles. The molecule has 2 bridgehead atoms. The Hall–Kier alpha value is -2.14. The van der Waals surface area contributed by atoms with Crippen LogP contribution in [-0.4, -0.2) is 42.5 Å². The van der Waals surface area contributed by atoms with Crippen LogP contribution >= 0.6 is 11.6 Å². The van der Waals surface area contributed by atoms with E-state index in [2.05, 4.69) is 5.32 Å². The predicted molar refractivity (Wildman–Crippen MR) is 109 cm³/mol. The first-order valence-electron chi connectivity index (χ1n) is 9.82. The molecule has 2 aliphatic rings. The standard InChI is InChI=1S/C21H19ClF3NO5S/c22-14-2-1-9(21(29)26-12-6-15(23)18(25)16(24)7-12)5-17(14)32(30,31)8-11-3-10-4-13(11)20(28)19(10)27/h1-2,5-7,10-11,13,19-20,27-28H,3-4,8H2,(H,26,29)/t10?,11-,13?,19-,20?/m1/s1. The van der Waals surface area contributed by atoms with Gasteiger partial charge < -0.3 is 15.5 Å². The summed E-state index contributed by atoms with van der Waals surface area (Å²) in [5, 5.41) is 22.1. The first-order valence-corrected chi connectivity index (χ1v) is 11.9. The summed E-state index contributed by atoms with van der Waals surface area (Å²) in [5.74, 6) is -6.68. The molecular formula is C21H19ClF3NO5S. The van der Waals surface area contributed by atoms with Crippen LogP contribution in [0.4, 0.5) is 18.9 Å². The number of hydrogen-bond donors (Lipinski definition) is 3. The van der Waals surface area contributed by atoms with Gasteiger partial charge in [0.15, 0.2) is 27.3 Å². The van der Waals surface area contributed by atoms with Gasteiger partial charge in [0, 0.05) is 23.4 Å². The number of carbonyl (C=O) groups is 1. The van der Waals surface area contributed by atoms with Gasteiger partial charge >= 0.3 is 0 Å². The number of rotatable bonds is 5. The molecule has 1 amide bonds. The van der Waals surface area contributed by atoms with E-state index in [0.717, 1.165) is 6.07 Å². The molecule has 0 heterocycles. The van der Waals surface area contributed by atoms with Crippen molar-refractivity contribution in [3.63, 3.8) is 0 Å². The lowest BCUT2D eigenvalue weighted by molar-refractivity contribution is -0.0304. The quantitative estimate of drug-likeness (QED) is 0.560. The van der Waals surface area contributed by atoms with E-state index in [9.17, 15) is 36.6 Å². The zero-order valence-electron chi connectivity index (χ0n) is 16.4. The molecule has 172 valence electrons. The van der Waals surface area contributed by atoms with Gasteiger partial charge in [0.25, 0.3) is 5.91 Å². The van der Waals surface area contributed by atoms with Gasteiger partial charge in [-0.1, -0.05) is 11.6 Å². The fourth-order valence-corrected chi connectivity index (χ4v) is 6.98. The highest BCUT2D eigenvalue weighted by molar-refractivity contribution is 7.91. The van der Waals surface area contributed by atoms with Crippen molar-refractivity contribution in [1.29, 1.82) is 0 Å². The van der Waals surface area contributed by atoms with E-state index in [0.29, 0.717) is 25.0 Å². The molecule has 2 aromatic rings. The summed E-state index contributed by atoms with van der Waals surface area (Å²) in [6.45, 7) is 0. The topological polar surface area (TPSA) is 104 Å². The van der Waals surface area contributed by atoms with Crippen LogP contribution in [0.2, 0.25) is 5.02 Å². The highest BCUT2D eigenvalue weighted by Gasteiger charge is 2.52. The molecule has 2 aliphatic carbocycles. The molecule has 0 saturated heterocycles. The predicted octanol–water partition coefficient (Wildman–Crippen LogP) is 3.16. The van der Waals surface area contributed by atoms with Crippen molar-refractivity contribution >= 4 is 33.0 Å². The number of nitrogens with one attached hydrogen (secondary N) is 1. The molecule has 0 spiro atoms. The number of anilines is 1. The fraction of sp³-hybridized carbons (Fsp3) is 0.381. The molecule has 2 saturated carbocycles. The number of benzene rings is 2. The second-order valence-electron chi connectivity index (χ2n) is 8.27. The summed E-state index contributed by atoms with van der Waals surface area (Å²) < 4.78 is 65.9. The minimum absolute atomic E-state index is 0.107. The molecule has 0 aromatic heterocycles. The second kappa shape index (κ2) is 8.33. The van der Waals surface area contributed by atoms with Gasteiger partial charge in [0.1, 0.15) is 0 Å². The zero-order valence-corrected chi connectivity index (χ0v) is 18.0. The zero-order chi connectivity index (χ0) is 23.4. The third-order valence-electron chi connectivity index (χ3n) is 6.26. The number of fused-ring (bicyclic) bond motifs is 2. The van der Waals surface area contributed by atoms with E-state index >= 15 is 0 Å². The minimum atomic E-state index is -3.96. The van der Waals surface area contributed by atoms with Crippen LogP contribution in [0.3, 0.4) is 0 Å². The Morgan fingerprint density at radius 1 is 1.06 bits per heavy atom. The van der Waals surface area contributed by atoms with Gasteiger partial charge in [-0.05, 0) is 48.8 Å². The largest absolute Gasteiger partial charge is 0.390 e. The Balaban J connectivity index is 1.55. The van der Waals surface area contributed by atoms with Crippen LogP contribution in [0, 0.1) is 35.2 Å². The highest BCUT2D eigenvalue weighted by atomic mass is 35.5. The Morgan fingerprint density at radius 2 is 1.72 bits per heavy atom. The van der Waals surface area contributed by atoms with Gasteiger partial charge in [0.05, 0.1) is 27.9 Å². The van der Waals surface area contributed by atoms with E-state index < -0.39 is 45.4 Å². The maximum atomic E-state index is 13.4. The summed E-state index contributed by atoms with van der Waals surface area (Å²) in [5.41, 5.74) is -0.484. The number of carbonyl (C=O) groups excluding carboxylic acids is 1. The highest BCUT2D eigenvalue weighted by Crippen LogP contribution is 2.49. The molecule has 32 heavy (non-hydrogen) atoms. The van der Waals surface area contributed by atoms with Crippen LogP contribution in [0.25, 0.3) is 0 Å². The molecule has 2 aromatic carbocycles. The van der Waals surface area contributed by atoms with E-state index in [4.69, 9.17) is 11.6 Å². The lowest BCUT2D eigenvalue weighted by Crippen LogP contribution is -2.38. The van der Waals surface area contributed by atoms with Crippen LogP contribution in [-0.2, 0) is 9.84 Å². The maximum absolute atomic E-state index is 13.4. The minimum Gasteiger partial charge on any atom is -0.390 e. The molecule has 5 atom stereocenters. The van der Waals surface area contributed by atoms with Crippen molar-refractivity contribution in [2.24, 2.45) is 17.8 Å². The normalized spacial score (nSPS) is 27.0. The average molecular weight is 490 g/mol. The number of hydrogen-bond acceptors (Lipinski definition) is 5. The number of halogens is 4. The van der Waals surface area contributed by atoms with E-state index in [1.807, 2.05) is 0 Å². The van der Waals surface area contributed by atoms with Crippen molar-refractivity contribution < 1.29 is 36.6 Å². The first-order chi connectivity index (χ1) is 15.0. The lowest BCUT2D eigenvalue weighted by atomic mass is 9.86. The van der Waals surface area contributed by atoms with Crippen molar-refractivity contribution in [3.05, 3.63) is 58.4 Å². The van der Waals surface area contributed by atoms with Crippen LogP contribution < -0.4 is 5.32 Å². The number of amides is 1. The first kappa shape index (κ1) is 23.0. The van der Waals surface area contributed by atoms with Gasteiger partial charge in [0.2, 0.25) is 0 Å². The van der Waals surface area contributed by atoms with Crippen molar-refractivity contribution in [2.45, 2.75) is 29.9 Å². The third kappa shape index (κ3) is 4.12. The molecule has 0 radical (unpaired) electrons. The molecule has 3 N–H and O–H groups in total. The summed E-state index contributed by atoms with van der Waals surface area (Å²) >= 11 is 6.08. The molecular weight excluding hydrogens is 471 g/mol. The smallest absolute Gasteiger partial charge is 0.255 e. The SMILES string of the molecule is O=C(Nc1cc(F)c(F)c(F)c1)c1ccc(Cl)c(S(=O)(=O)C[C@H]2CC3CC2C(O)[C@@H]3O)c1. The second-order valence-corrected chi connectivity index (χ2v) is 10.7. The maximum Gasteiger partial charge on any atom is 0.255 e. The Morgan fingerprint density at radius 3 is 2.31 bits per heavy atom. The Kier molecular flexibility index (Phi) is 6.00. The van der Waals surface area contributed by atoms with E-state index in [-0.39, 0.29) is 44.7 Å². The number of aliphatic hydroxyl groups is 2. The summed E-state index contributed by atoms with van der Waals surface area (Å²) in [6.07, 6.45) is -0.820. The number of sulfone groups is 1. The summed E-state index contributed by atoms with van der Waals surface area (Å²) in [4.78, 5) is 12.2. The van der Waals surface area contributed by atoms with Gasteiger partial charge in [-0.2, -0.15) is 0 Å². The molecule has 3 unspecified atom stereocenters. The Labute approximate surface area is 186 Å². The molecule has 2 fully saturated rings. The van der Waals surface area contributed by atoms with Crippen LogP contribution in [0.1, 0.15) is 23.2 Å². The van der Waals surface area contributed by atoms with Crippen LogP contribution in [0.15, 0.2) is 35.2 Å². The van der Waals surface area contributed by atoms with E-state index in [1.54, 1.807) is 0 Å². The molecule has 11 heteroatoms. The third-order valence-corrected chi connectivity index (χ3v) is 8.58. The van der Waals surface area contributed by atoms with Crippen molar-refractivity contribution in [2.75, 3.05) is 11.1 Å². The number of aliphatic hydroxyl groups excluding tert-OH is 2. The summed E-state index contributed by atoms with van der Waals surface area (Å²) in [6, 6.07) is 4.71. The molecule has 4 rings (SSSR count). The fourth-order valence-electron chi connectivity index (χ4n) is 4.71. The molecule has 6 nitrogen and oxygen atoms in total. The van der Waals surface area contributed by atoms with Crippen molar-refractivity contribution in [1.82, 2.24) is 0 Å². The van der Waals surface area contributed by atoms with Crippen LogP contribution in [0.5, 0.6) is 0 Å². The van der Waals surface area contributed by atoms with Gasteiger partial charge in [-0.25, -0.2) is 21.6 Å². The van der Waals surface area contributed by atoms with Gasteiger partial charge in [-0.15, -0.1) is 0 Å². The summed E-state index contributed by atoms with van der Waals surface area (Å²) in [7, 11) is -3.96. The van der Waals surface area contributed by atoms with E-state index in [1.165, 1.54) is 12.1 Å². The Bertz CT molecular complexity index is 1170. The monoisotopic (exact) mass is 489 g/mol.